The fourth-order valence-corrected chi connectivity index (χ4v) is 1.21. The first-order valence-corrected chi connectivity index (χ1v) is 4.57. The Balaban J connectivity index is 2.76. The van der Waals surface area contributed by atoms with Gasteiger partial charge >= 0.3 is 0 Å². The Morgan fingerprint density at radius 1 is 1.57 bits per heavy atom. The van der Waals surface area contributed by atoms with Crippen molar-refractivity contribution in [1.29, 1.82) is 5.26 Å². The monoisotopic (exact) mass is 192 g/mol. The van der Waals surface area contributed by atoms with Gasteiger partial charge in [-0.3, -0.25) is 0 Å². The van der Waals surface area contributed by atoms with E-state index in [-0.39, 0.29) is 11.6 Å². The van der Waals surface area contributed by atoms with Crippen LogP contribution in [0.1, 0.15) is 24.5 Å². The highest BCUT2D eigenvalue weighted by Crippen LogP contribution is 2.11. The van der Waals surface area contributed by atoms with Crippen molar-refractivity contribution in [2.75, 3.05) is 0 Å². The summed E-state index contributed by atoms with van der Waals surface area (Å²) in [6.45, 7) is 1.93. The second-order valence-corrected chi connectivity index (χ2v) is 3.44. The zero-order valence-corrected chi connectivity index (χ0v) is 8.13. The first-order valence-electron chi connectivity index (χ1n) is 4.57. The van der Waals surface area contributed by atoms with Gasteiger partial charge in [0.25, 0.3) is 0 Å². The molecular weight excluding hydrogens is 179 g/mol. The summed E-state index contributed by atoms with van der Waals surface area (Å²) in [6.07, 6.45) is 1.63. The van der Waals surface area contributed by atoms with Crippen LogP contribution in [0.5, 0.6) is 0 Å². The van der Waals surface area contributed by atoms with Gasteiger partial charge in [0.2, 0.25) is 0 Å². The van der Waals surface area contributed by atoms with E-state index in [1.807, 2.05) is 13.0 Å². The number of aryl methyl sites for hydroxylation is 1. The number of hydrogen-bond acceptors (Lipinski definition) is 2. The van der Waals surface area contributed by atoms with Gasteiger partial charge in [0.1, 0.15) is 11.9 Å². The van der Waals surface area contributed by atoms with Crippen LogP contribution in [0.2, 0.25) is 0 Å². The van der Waals surface area contributed by atoms with E-state index in [0.717, 1.165) is 18.4 Å². The molecular formula is C11H13FN2. The Morgan fingerprint density at radius 3 is 2.86 bits per heavy atom. The number of rotatable bonds is 3. The molecule has 0 fully saturated rings. The molecule has 0 amide bonds. The molecule has 1 aromatic rings. The van der Waals surface area contributed by atoms with E-state index in [0.29, 0.717) is 0 Å². The van der Waals surface area contributed by atoms with Crippen molar-refractivity contribution in [1.82, 2.24) is 0 Å². The van der Waals surface area contributed by atoms with E-state index < -0.39 is 5.82 Å². The highest BCUT2D eigenvalue weighted by Gasteiger charge is 2.03. The molecule has 0 aromatic heterocycles. The second kappa shape index (κ2) is 4.73. The molecule has 1 aromatic carbocycles. The average Bonchev–Trinajstić information content (AvgIpc) is 2.16. The van der Waals surface area contributed by atoms with E-state index in [1.165, 1.54) is 6.07 Å². The van der Waals surface area contributed by atoms with Crippen LogP contribution in [0.4, 0.5) is 4.39 Å². The lowest BCUT2D eigenvalue weighted by Crippen LogP contribution is -2.15. The number of benzene rings is 1. The Kier molecular flexibility index (Phi) is 3.61. The standard InChI is InChI=1S/C11H13FN2/c1-8(14)2-3-9-4-5-11(12)10(6-9)7-13/h4-6,8H,2-3,14H2,1H3/t8-/m0/s1. The molecule has 2 nitrogen and oxygen atoms in total. The number of nitrogens with two attached hydrogens (primary N) is 1. The molecule has 74 valence electrons. The van der Waals surface area contributed by atoms with Gasteiger partial charge < -0.3 is 5.73 Å². The summed E-state index contributed by atoms with van der Waals surface area (Å²) in [4.78, 5) is 0. The Hall–Kier alpha value is -1.40. The molecule has 3 heteroatoms. The SMILES string of the molecule is C[C@H](N)CCc1ccc(F)c(C#N)c1. The third kappa shape index (κ3) is 2.82. The number of nitrogens with zero attached hydrogens (tertiary/aromatic N) is 1. The molecule has 0 saturated heterocycles. The molecule has 14 heavy (non-hydrogen) atoms. The van der Waals surface area contributed by atoms with Gasteiger partial charge in [0.15, 0.2) is 0 Å². The van der Waals surface area contributed by atoms with Crippen LogP contribution in [-0.4, -0.2) is 6.04 Å². The van der Waals surface area contributed by atoms with Crippen LogP contribution < -0.4 is 5.73 Å². The zero-order valence-electron chi connectivity index (χ0n) is 8.13. The average molecular weight is 192 g/mol. The first-order chi connectivity index (χ1) is 6.63. The minimum atomic E-state index is -0.461. The van der Waals surface area contributed by atoms with Crippen molar-refractivity contribution < 1.29 is 4.39 Å². The Bertz CT molecular complexity index is 353. The van der Waals surface area contributed by atoms with Gasteiger partial charge in [-0.2, -0.15) is 5.26 Å². The summed E-state index contributed by atoms with van der Waals surface area (Å²) < 4.78 is 12.9. The maximum absolute atomic E-state index is 12.9. The van der Waals surface area contributed by atoms with E-state index in [9.17, 15) is 4.39 Å². The number of halogens is 1. The summed E-state index contributed by atoms with van der Waals surface area (Å²) >= 11 is 0. The first kappa shape index (κ1) is 10.7. The smallest absolute Gasteiger partial charge is 0.140 e. The van der Waals surface area contributed by atoms with Crippen LogP contribution >= 0.6 is 0 Å². The normalized spacial score (nSPS) is 12.1. The maximum Gasteiger partial charge on any atom is 0.140 e. The molecule has 0 aliphatic carbocycles. The predicted octanol–water partition coefficient (Wildman–Crippen LogP) is 1.98. The minimum Gasteiger partial charge on any atom is -0.328 e. The summed E-state index contributed by atoms with van der Waals surface area (Å²) in [7, 11) is 0. The molecule has 1 rings (SSSR count). The lowest BCUT2D eigenvalue weighted by Gasteiger charge is -2.05. The summed E-state index contributed by atoms with van der Waals surface area (Å²) in [5, 5.41) is 8.61. The fourth-order valence-electron chi connectivity index (χ4n) is 1.21. The largest absolute Gasteiger partial charge is 0.328 e. The van der Waals surface area contributed by atoms with Gasteiger partial charge in [0, 0.05) is 6.04 Å². The molecule has 0 heterocycles. The molecule has 0 bridgehead atoms. The van der Waals surface area contributed by atoms with Gasteiger partial charge in [-0.15, -0.1) is 0 Å². The topological polar surface area (TPSA) is 49.8 Å². The van der Waals surface area contributed by atoms with E-state index in [2.05, 4.69) is 0 Å². The van der Waals surface area contributed by atoms with Crippen LogP contribution in [0.3, 0.4) is 0 Å². The van der Waals surface area contributed by atoms with Gasteiger partial charge in [-0.1, -0.05) is 6.07 Å². The van der Waals surface area contributed by atoms with Gasteiger partial charge in [0.05, 0.1) is 5.56 Å². The predicted molar refractivity (Wildman–Crippen MR) is 53.1 cm³/mol. The molecule has 2 N–H and O–H groups in total. The summed E-state index contributed by atoms with van der Waals surface area (Å²) in [5.74, 6) is -0.461. The van der Waals surface area contributed by atoms with Crippen LogP contribution in [0.25, 0.3) is 0 Å². The van der Waals surface area contributed by atoms with E-state index in [4.69, 9.17) is 11.0 Å². The quantitative estimate of drug-likeness (QED) is 0.796. The zero-order chi connectivity index (χ0) is 10.6. The molecule has 0 saturated carbocycles. The van der Waals surface area contributed by atoms with Gasteiger partial charge in [-0.25, -0.2) is 4.39 Å². The Morgan fingerprint density at radius 2 is 2.29 bits per heavy atom. The highest BCUT2D eigenvalue weighted by molar-refractivity contribution is 5.34. The molecule has 0 radical (unpaired) electrons. The third-order valence-corrected chi connectivity index (χ3v) is 2.04. The minimum absolute atomic E-state index is 0.104. The van der Waals surface area contributed by atoms with Crippen molar-refractivity contribution in [2.45, 2.75) is 25.8 Å². The molecule has 0 unspecified atom stereocenters. The molecule has 0 spiro atoms. The van der Waals surface area contributed by atoms with Crippen molar-refractivity contribution in [3.8, 4) is 6.07 Å². The lowest BCUT2D eigenvalue weighted by atomic mass is 10.0. The lowest BCUT2D eigenvalue weighted by molar-refractivity contribution is 0.621. The second-order valence-electron chi connectivity index (χ2n) is 3.44. The van der Waals surface area contributed by atoms with Crippen molar-refractivity contribution in [2.24, 2.45) is 5.73 Å². The van der Waals surface area contributed by atoms with E-state index >= 15 is 0 Å². The number of nitriles is 1. The maximum atomic E-state index is 12.9. The molecule has 0 aliphatic rings. The number of hydrogen-bond donors (Lipinski definition) is 1. The highest BCUT2D eigenvalue weighted by atomic mass is 19.1. The summed E-state index contributed by atoms with van der Waals surface area (Å²) in [6, 6.07) is 6.55. The van der Waals surface area contributed by atoms with Crippen molar-refractivity contribution in [3.05, 3.63) is 35.1 Å². The van der Waals surface area contributed by atoms with Crippen LogP contribution in [0, 0.1) is 17.1 Å². The Labute approximate surface area is 83.2 Å². The summed E-state index contributed by atoms with van der Waals surface area (Å²) in [5.41, 5.74) is 6.66. The molecule has 1 atom stereocenters. The van der Waals surface area contributed by atoms with Crippen molar-refractivity contribution >= 4 is 0 Å². The van der Waals surface area contributed by atoms with E-state index in [1.54, 1.807) is 12.1 Å². The fraction of sp³-hybridized carbons (Fsp3) is 0.364. The van der Waals surface area contributed by atoms with Crippen molar-refractivity contribution in [3.63, 3.8) is 0 Å². The van der Waals surface area contributed by atoms with Gasteiger partial charge in [-0.05, 0) is 37.5 Å². The third-order valence-electron chi connectivity index (χ3n) is 2.04. The van der Waals surface area contributed by atoms with Crippen LogP contribution in [-0.2, 0) is 6.42 Å². The van der Waals surface area contributed by atoms with Crippen LogP contribution in [0.15, 0.2) is 18.2 Å². The molecule has 0 aliphatic heterocycles.